The fourth-order valence-corrected chi connectivity index (χ4v) is 3.11. The average Bonchev–Trinajstić information content (AvgIpc) is 2.47. The number of rotatable bonds is 3. The Kier molecular flexibility index (Phi) is 5.46. The second kappa shape index (κ2) is 7.00. The van der Waals surface area contributed by atoms with Crippen molar-refractivity contribution in [2.75, 3.05) is 24.2 Å². The van der Waals surface area contributed by atoms with Gasteiger partial charge in [0.05, 0.1) is 0 Å². The van der Waals surface area contributed by atoms with Crippen LogP contribution < -0.4 is 5.32 Å². The first-order valence-corrected chi connectivity index (χ1v) is 8.31. The molecule has 0 atom stereocenters. The number of alkyl halides is 3. The number of thioether (sulfide) groups is 1. The van der Waals surface area contributed by atoms with E-state index in [2.05, 4.69) is 5.32 Å². The zero-order valence-electron chi connectivity index (χ0n) is 12.7. The number of aliphatic hydroxyl groups is 1. The molecule has 1 saturated heterocycles. The highest BCUT2D eigenvalue weighted by Gasteiger charge is 2.54. The number of benzene rings is 1. The van der Waals surface area contributed by atoms with Gasteiger partial charge in [-0.3, -0.25) is 0 Å². The number of hydrogen-bond donors (Lipinski definition) is 2. The molecule has 1 aliphatic heterocycles. The topological polar surface area (TPSA) is 52.6 Å². The fraction of sp³-hybridized carbons (Fsp3) is 0.533. The van der Waals surface area contributed by atoms with Crippen LogP contribution in [0.15, 0.2) is 29.2 Å². The molecular weight excluding hydrogens is 329 g/mol. The molecule has 4 nitrogen and oxygen atoms in total. The highest BCUT2D eigenvalue weighted by Crippen LogP contribution is 2.38. The van der Waals surface area contributed by atoms with Crippen LogP contribution in [-0.2, 0) is 0 Å². The van der Waals surface area contributed by atoms with Gasteiger partial charge in [0.15, 0.2) is 5.60 Å². The van der Waals surface area contributed by atoms with E-state index in [1.807, 2.05) is 25.1 Å². The molecule has 1 heterocycles. The van der Waals surface area contributed by atoms with Gasteiger partial charge in [-0.2, -0.15) is 13.2 Å². The standard InChI is InChI=1S/C15H19F3N2O2S/c1-2-23-12-5-3-4-11(10-12)19-13(21)20-8-6-14(22,7-9-20)15(16,17)18/h3-5,10,22H,2,6-9H2,1H3,(H,19,21). The van der Waals surface area contributed by atoms with Gasteiger partial charge in [-0.1, -0.05) is 13.0 Å². The van der Waals surface area contributed by atoms with Gasteiger partial charge in [-0.15, -0.1) is 11.8 Å². The molecule has 0 aliphatic carbocycles. The van der Waals surface area contributed by atoms with E-state index in [1.165, 1.54) is 4.90 Å². The first-order valence-electron chi connectivity index (χ1n) is 7.33. The number of carbonyl (C=O) groups is 1. The third-order valence-electron chi connectivity index (χ3n) is 3.80. The van der Waals surface area contributed by atoms with Crippen LogP contribution in [0.1, 0.15) is 19.8 Å². The first-order chi connectivity index (χ1) is 10.7. The third kappa shape index (κ3) is 4.32. The number of carbonyl (C=O) groups excluding carboxylic acids is 1. The highest BCUT2D eigenvalue weighted by atomic mass is 32.2. The number of piperidine rings is 1. The summed E-state index contributed by atoms with van der Waals surface area (Å²) >= 11 is 1.63. The SMILES string of the molecule is CCSc1cccc(NC(=O)N2CCC(O)(C(F)(F)F)CC2)c1. The Morgan fingerprint density at radius 2 is 2.04 bits per heavy atom. The summed E-state index contributed by atoms with van der Waals surface area (Å²) in [5.41, 5.74) is -2.09. The maximum absolute atomic E-state index is 12.7. The van der Waals surface area contributed by atoms with Crippen molar-refractivity contribution in [2.24, 2.45) is 0 Å². The predicted octanol–water partition coefficient (Wildman–Crippen LogP) is 3.72. The molecule has 1 fully saturated rings. The molecule has 0 unspecified atom stereocenters. The van der Waals surface area contributed by atoms with Gasteiger partial charge in [0.1, 0.15) is 0 Å². The summed E-state index contributed by atoms with van der Waals surface area (Å²) in [4.78, 5) is 14.4. The van der Waals surface area contributed by atoms with Crippen LogP contribution >= 0.6 is 11.8 Å². The van der Waals surface area contributed by atoms with Crippen LogP contribution in [0.3, 0.4) is 0 Å². The van der Waals surface area contributed by atoms with Crippen molar-refractivity contribution in [1.82, 2.24) is 4.90 Å². The van der Waals surface area contributed by atoms with Crippen molar-refractivity contribution in [3.05, 3.63) is 24.3 Å². The van der Waals surface area contributed by atoms with Gasteiger partial charge in [0, 0.05) is 36.5 Å². The number of nitrogens with zero attached hydrogens (tertiary/aromatic N) is 1. The molecule has 1 aromatic carbocycles. The number of hydrogen-bond acceptors (Lipinski definition) is 3. The highest BCUT2D eigenvalue weighted by molar-refractivity contribution is 7.99. The van der Waals surface area contributed by atoms with Crippen molar-refractivity contribution in [3.8, 4) is 0 Å². The van der Waals surface area contributed by atoms with Gasteiger partial charge >= 0.3 is 12.2 Å². The average molecular weight is 348 g/mol. The van der Waals surface area contributed by atoms with E-state index in [0.29, 0.717) is 5.69 Å². The lowest BCUT2D eigenvalue weighted by atomic mass is 9.91. The molecule has 1 aromatic rings. The zero-order valence-corrected chi connectivity index (χ0v) is 13.5. The lowest BCUT2D eigenvalue weighted by Gasteiger charge is -2.39. The number of anilines is 1. The summed E-state index contributed by atoms with van der Waals surface area (Å²) in [6.07, 6.45) is -5.67. The number of nitrogens with one attached hydrogen (secondary N) is 1. The molecule has 2 amide bonds. The summed E-state index contributed by atoms with van der Waals surface area (Å²) < 4.78 is 38.2. The molecule has 0 saturated carbocycles. The molecule has 23 heavy (non-hydrogen) atoms. The molecule has 2 rings (SSSR count). The quantitative estimate of drug-likeness (QED) is 0.819. The summed E-state index contributed by atoms with van der Waals surface area (Å²) in [5.74, 6) is 0.902. The second-order valence-electron chi connectivity index (χ2n) is 5.41. The Labute approximate surface area is 137 Å². The van der Waals surface area contributed by atoms with Crippen molar-refractivity contribution in [2.45, 2.75) is 36.4 Å². The smallest absolute Gasteiger partial charge is 0.380 e. The maximum atomic E-state index is 12.7. The third-order valence-corrected chi connectivity index (χ3v) is 4.68. The Morgan fingerprint density at radius 3 is 2.61 bits per heavy atom. The van der Waals surface area contributed by atoms with Gasteiger partial charge in [0.2, 0.25) is 0 Å². The van der Waals surface area contributed by atoms with E-state index in [1.54, 1.807) is 17.8 Å². The van der Waals surface area contributed by atoms with Crippen LogP contribution in [-0.4, -0.2) is 46.7 Å². The minimum Gasteiger partial charge on any atom is -0.380 e. The molecule has 1 aliphatic rings. The van der Waals surface area contributed by atoms with E-state index in [4.69, 9.17) is 0 Å². The van der Waals surface area contributed by atoms with E-state index >= 15 is 0 Å². The zero-order chi connectivity index (χ0) is 17.1. The molecule has 0 spiro atoms. The van der Waals surface area contributed by atoms with Crippen molar-refractivity contribution in [1.29, 1.82) is 0 Å². The second-order valence-corrected chi connectivity index (χ2v) is 6.74. The van der Waals surface area contributed by atoms with Gasteiger partial charge in [0.25, 0.3) is 0 Å². The van der Waals surface area contributed by atoms with Crippen LogP contribution in [0, 0.1) is 0 Å². The number of likely N-dealkylation sites (tertiary alicyclic amines) is 1. The van der Waals surface area contributed by atoms with Gasteiger partial charge in [-0.25, -0.2) is 4.79 Å². The Balaban J connectivity index is 1.94. The minimum atomic E-state index is -4.67. The normalized spacial score (nSPS) is 17.9. The van der Waals surface area contributed by atoms with E-state index in [9.17, 15) is 23.1 Å². The fourth-order valence-electron chi connectivity index (χ4n) is 2.40. The summed E-state index contributed by atoms with van der Waals surface area (Å²) in [5, 5.41) is 12.3. The van der Waals surface area contributed by atoms with E-state index in [-0.39, 0.29) is 13.1 Å². The molecule has 0 radical (unpaired) electrons. The lowest BCUT2D eigenvalue weighted by Crippen LogP contribution is -2.55. The largest absolute Gasteiger partial charge is 0.417 e. The van der Waals surface area contributed by atoms with Crippen LogP contribution in [0.4, 0.5) is 23.7 Å². The molecule has 0 aromatic heterocycles. The van der Waals surface area contributed by atoms with Gasteiger partial charge < -0.3 is 15.3 Å². The van der Waals surface area contributed by atoms with Crippen LogP contribution in [0.2, 0.25) is 0 Å². The number of amides is 2. The summed E-state index contributed by atoms with van der Waals surface area (Å²) in [6.45, 7) is 1.75. The monoisotopic (exact) mass is 348 g/mol. The molecular formula is C15H19F3N2O2S. The Hall–Kier alpha value is -1.41. The minimum absolute atomic E-state index is 0.134. The van der Waals surface area contributed by atoms with E-state index in [0.717, 1.165) is 10.6 Å². The summed E-state index contributed by atoms with van der Waals surface area (Å²) in [7, 11) is 0. The van der Waals surface area contributed by atoms with Gasteiger partial charge in [-0.05, 0) is 24.0 Å². The number of halogens is 3. The Bertz CT molecular complexity index is 558. The predicted molar refractivity (Wildman–Crippen MR) is 83.7 cm³/mol. The lowest BCUT2D eigenvalue weighted by molar-refractivity contribution is -0.271. The van der Waals surface area contributed by atoms with Crippen LogP contribution in [0.5, 0.6) is 0 Å². The van der Waals surface area contributed by atoms with Crippen molar-refractivity contribution >= 4 is 23.5 Å². The molecule has 128 valence electrons. The molecule has 8 heteroatoms. The molecule has 2 N–H and O–H groups in total. The maximum Gasteiger partial charge on any atom is 0.417 e. The molecule has 0 bridgehead atoms. The first kappa shape index (κ1) is 17.9. The van der Waals surface area contributed by atoms with Crippen LogP contribution in [0.25, 0.3) is 0 Å². The van der Waals surface area contributed by atoms with E-state index < -0.39 is 30.7 Å². The van der Waals surface area contributed by atoms with Crippen molar-refractivity contribution < 1.29 is 23.1 Å². The van der Waals surface area contributed by atoms with Crippen molar-refractivity contribution in [3.63, 3.8) is 0 Å². The summed E-state index contributed by atoms with van der Waals surface area (Å²) in [6, 6.07) is 6.84. The number of urea groups is 1. The Morgan fingerprint density at radius 1 is 1.39 bits per heavy atom.